The maximum atomic E-state index is 13.0. The molecular weight excluding hydrogens is 311 g/mol. The number of hydrogen-bond acceptors (Lipinski definition) is 4. The van der Waals surface area contributed by atoms with Crippen molar-refractivity contribution in [3.05, 3.63) is 65.0 Å². The van der Waals surface area contributed by atoms with E-state index in [0.717, 1.165) is 11.1 Å². The van der Waals surface area contributed by atoms with Gasteiger partial charge in [0.2, 0.25) is 5.89 Å². The van der Waals surface area contributed by atoms with Crippen LogP contribution in [0.25, 0.3) is 11.5 Å². The first-order valence-corrected chi connectivity index (χ1v) is 8.24. The molecule has 0 amide bonds. The van der Waals surface area contributed by atoms with Crippen LogP contribution in [0, 0.1) is 19.7 Å². The summed E-state index contributed by atoms with van der Waals surface area (Å²) in [5.74, 6) is 0.280. The fourth-order valence-electron chi connectivity index (χ4n) is 2.20. The monoisotopic (exact) mass is 328 g/mol. The summed E-state index contributed by atoms with van der Waals surface area (Å²) in [5, 5.41) is 8.83. The standard InChI is InChI=1S/C18H17FN2OS/c1-11-4-5-15(10-12(11)2)17-20-21-18(22-17)23-13(3)14-6-8-16(19)9-7-14/h4-10,13H,1-3H3/t13-/m0/s1. The lowest BCUT2D eigenvalue weighted by atomic mass is 10.1. The summed E-state index contributed by atoms with van der Waals surface area (Å²) < 4.78 is 18.7. The third-order valence-electron chi connectivity index (χ3n) is 3.78. The Morgan fingerprint density at radius 1 is 1.00 bits per heavy atom. The van der Waals surface area contributed by atoms with E-state index >= 15 is 0 Å². The normalized spacial score (nSPS) is 12.3. The molecule has 0 N–H and O–H groups in total. The molecule has 0 aliphatic carbocycles. The van der Waals surface area contributed by atoms with Crippen LogP contribution < -0.4 is 0 Å². The zero-order chi connectivity index (χ0) is 16.4. The molecule has 2 aromatic carbocycles. The second kappa shape index (κ2) is 6.54. The lowest BCUT2D eigenvalue weighted by Gasteiger charge is -2.08. The lowest BCUT2D eigenvalue weighted by molar-refractivity contribution is 0.465. The summed E-state index contributed by atoms with van der Waals surface area (Å²) in [4.78, 5) is 0. The molecule has 0 saturated heterocycles. The maximum Gasteiger partial charge on any atom is 0.277 e. The lowest BCUT2D eigenvalue weighted by Crippen LogP contribution is -1.88. The smallest absolute Gasteiger partial charge is 0.277 e. The van der Waals surface area contributed by atoms with Gasteiger partial charge in [0.15, 0.2) is 0 Å². The molecule has 118 valence electrons. The van der Waals surface area contributed by atoms with Crippen molar-refractivity contribution in [3.63, 3.8) is 0 Å². The van der Waals surface area contributed by atoms with Crippen LogP contribution in [0.4, 0.5) is 4.39 Å². The first-order chi connectivity index (χ1) is 11.0. The number of nitrogens with zero attached hydrogens (tertiary/aromatic N) is 2. The van der Waals surface area contributed by atoms with E-state index in [4.69, 9.17) is 4.42 Å². The second-order valence-electron chi connectivity index (χ2n) is 5.48. The quantitative estimate of drug-likeness (QED) is 0.606. The van der Waals surface area contributed by atoms with Crippen molar-refractivity contribution in [2.45, 2.75) is 31.2 Å². The topological polar surface area (TPSA) is 38.9 Å². The summed E-state index contributed by atoms with van der Waals surface area (Å²) in [6, 6.07) is 12.5. The van der Waals surface area contributed by atoms with Gasteiger partial charge in [-0.05, 0) is 61.7 Å². The molecular formula is C18H17FN2OS. The Hall–Kier alpha value is -2.14. The zero-order valence-electron chi connectivity index (χ0n) is 13.2. The van der Waals surface area contributed by atoms with Crippen LogP contribution in [-0.2, 0) is 0 Å². The van der Waals surface area contributed by atoms with E-state index in [-0.39, 0.29) is 11.1 Å². The van der Waals surface area contributed by atoms with E-state index in [1.807, 2.05) is 25.1 Å². The number of halogens is 1. The average Bonchev–Trinajstić information content (AvgIpc) is 2.99. The largest absolute Gasteiger partial charge is 0.411 e. The van der Waals surface area contributed by atoms with E-state index in [0.29, 0.717) is 11.1 Å². The Morgan fingerprint density at radius 2 is 1.74 bits per heavy atom. The van der Waals surface area contributed by atoms with E-state index in [9.17, 15) is 4.39 Å². The zero-order valence-corrected chi connectivity index (χ0v) is 14.0. The molecule has 0 aliphatic rings. The predicted octanol–water partition coefficient (Wildman–Crippen LogP) is 5.35. The Morgan fingerprint density at radius 3 is 2.43 bits per heavy atom. The van der Waals surface area contributed by atoms with Gasteiger partial charge < -0.3 is 4.42 Å². The molecule has 0 unspecified atom stereocenters. The molecule has 0 aliphatic heterocycles. The Labute approximate surface area is 138 Å². The number of rotatable bonds is 4. The maximum absolute atomic E-state index is 13.0. The minimum atomic E-state index is -0.235. The van der Waals surface area contributed by atoms with Gasteiger partial charge in [0.05, 0.1) is 0 Å². The van der Waals surface area contributed by atoms with Crippen molar-refractivity contribution in [1.82, 2.24) is 10.2 Å². The van der Waals surface area contributed by atoms with Crippen LogP contribution in [0.1, 0.15) is 28.9 Å². The van der Waals surface area contributed by atoms with Gasteiger partial charge in [-0.1, -0.05) is 30.0 Å². The number of aromatic nitrogens is 2. The summed E-state index contributed by atoms with van der Waals surface area (Å²) in [6.45, 7) is 6.15. The first-order valence-electron chi connectivity index (χ1n) is 7.36. The van der Waals surface area contributed by atoms with E-state index in [2.05, 4.69) is 24.0 Å². The van der Waals surface area contributed by atoms with Gasteiger partial charge in [-0.3, -0.25) is 0 Å². The van der Waals surface area contributed by atoms with Crippen LogP contribution in [-0.4, -0.2) is 10.2 Å². The molecule has 1 atom stereocenters. The van der Waals surface area contributed by atoms with Gasteiger partial charge in [0, 0.05) is 10.8 Å². The molecule has 0 spiro atoms. The summed E-state index contributed by atoms with van der Waals surface area (Å²) in [6.07, 6.45) is 0. The van der Waals surface area contributed by atoms with Gasteiger partial charge >= 0.3 is 0 Å². The van der Waals surface area contributed by atoms with Crippen molar-refractivity contribution in [3.8, 4) is 11.5 Å². The summed E-state index contributed by atoms with van der Waals surface area (Å²) in [7, 11) is 0. The molecule has 23 heavy (non-hydrogen) atoms. The number of thioether (sulfide) groups is 1. The minimum absolute atomic E-state index is 0.101. The molecule has 0 saturated carbocycles. The molecule has 3 nitrogen and oxygen atoms in total. The highest BCUT2D eigenvalue weighted by atomic mass is 32.2. The third-order valence-corrected chi connectivity index (χ3v) is 4.77. The average molecular weight is 328 g/mol. The summed E-state index contributed by atoms with van der Waals surface area (Å²) >= 11 is 1.46. The number of hydrogen-bond donors (Lipinski definition) is 0. The van der Waals surface area contributed by atoms with Crippen molar-refractivity contribution in [2.75, 3.05) is 0 Å². The van der Waals surface area contributed by atoms with Crippen molar-refractivity contribution < 1.29 is 8.81 Å². The molecule has 1 aromatic heterocycles. The van der Waals surface area contributed by atoms with Gasteiger partial charge in [-0.25, -0.2) is 4.39 Å². The van der Waals surface area contributed by atoms with Crippen molar-refractivity contribution in [2.24, 2.45) is 0 Å². The molecule has 0 radical (unpaired) electrons. The third kappa shape index (κ3) is 3.62. The van der Waals surface area contributed by atoms with Crippen LogP contribution in [0.2, 0.25) is 0 Å². The van der Waals surface area contributed by atoms with Gasteiger partial charge in [0.1, 0.15) is 5.82 Å². The highest BCUT2D eigenvalue weighted by molar-refractivity contribution is 7.99. The van der Waals surface area contributed by atoms with E-state index in [1.54, 1.807) is 12.1 Å². The fourth-order valence-corrected chi connectivity index (χ4v) is 3.01. The van der Waals surface area contributed by atoms with Crippen LogP contribution in [0.3, 0.4) is 0 Å². The first kappa shape index (κ1) is 15.7. The van der Waals surface area contributed by atoms with Crippen molar-refractivity contribution >= 4 is 11.8 Å². The molecule has 3 aromatic rings. The molecule has 1 heterocycles. The van der Waals surface area contributed by atoms with Crippen LogP contribution in [0.15, 0.2) is 52.1 Å². The molecule has 3 rings (SSSR count). The van der Waals surface area contributed by atoms with Gasteiger partial charge in [-0.2, -0.15) is 0 Å². The van der Waals surface area contributed by atoms with Crippen LogP contribution >= 0.6 is 11.8 Å². The van der Waals surface area contributed by atoms with Crippen LogP contribution in [0.5, 0.6) is 0 Å². The Balaban J connectivity index is 1.76. The molecule has 0 bridgehead atoms. The Kier molecular flexibility index (Phi) is 4.48. The summed E-state index contributed by atoms with van der Waals surface area (Å²) in [5.41, 5.74) is 4.35. The van der Waals surface area contributed by atoms with E-state index in [1.165, 1.54) is 35.0 Å². The van der Waals surface area contributed by atoms with Gasteiger partial charge in [0.25, 0.3) is 5.22 Å². The van der Waals surface area contributed by atoms with Crippen molar-refractivity contribution in [1.29, 1.82) is 0 Å². The molecule has 5 heteroatoms. The Bertz CT molecular complexity index is 814. The minimum Gasteiger partial charge on any atom is -0.411 e. The number of benzene rings is 2. The molecule has 0 fully saturated rings. The van der Waals surface area contributed by atoms with E-state index < -0.39 is 0 Å². The fraction of sp³-hybridized carbons (Fsp3) is 0.222. The highest BCUT2D eigenvalue weighted by Gasteiger charge is 2.14. The second-order valence-corrected chi connectivity index (χ2v) is 6.78. The SMILES string of the molecule is Cc1ccc(-c2nnc(S[C@@H](C)c3ccc(F)cc3)o2)cc1C. The highest BCUT2D eigenvalue weighted by Crippen LogP contribution is 2.35. The van der Waals surface area contributed by atoms with Gasteiger partial charge in [-0.15, -0.1) is 10.2 Å². The number of aryl methyl sites for hydroxylation is 2. The predicted molar refractivity (Wildman–Crippen MR) is 89.9 cm³/mol.